The molecular weight excluding hydrogens is 412 g/mol. The van der Waals surface area contributed by atoms with Crippen LogP contribution in [0.2, 0.25) is 0 Å². The second kappa shape index (κ2) is 9.64. The third-order valence-corrected chi connectivity index (χ3v) is 10.7. The van der Waals surface area contributed by atoms with Crippen LogP contribution in [0.5, 0.6) is 0 Å². The fourth-order valence-electron chi connectivity index (χ4n) is 8.95. The molecule has 0 spiro atoms. The SMILES string of the molecule is CC(C)CCC[C@@H](C)[C@@H]1CC[C@@H]2[C@@H]3[C@@H](CC[C@]21C)[C@@]1(C)CC[C@H](O)CC1=C[C@H]3OCC(=O)O. The Bertz CT molecular complexity index is 744. The van der Waals surface area contributed by atoms with Gasteiger partial charge in [-0.1, -0.05) is 65.5 Å². The van der Waals surface area contributed by atoms with Crippen LogP contribution in [0.4, 0.5) is 0 Å². The molecule has 3 fully saturated rings. The van der Waals surface area contributed by atoms with E-state index in [4.69, 9.17) is 4.74 Å². The zero-order chi connectivity index (χ0) is 24.0. The Morgan fingerprint density at radius 2 is 1.85 bits per heavy atom. The van der Waals surface area contributed by atoms with Crippen molar-refractivity contribution in [3.63, 3.8) is 0 Å². The third-order valence-electron chi connectivity index (χ3n) is 10.7. The van der Waals surface area contributed by atoms with Crippen LogP contribution in [-0.2, 0) is 9.53 Å². The number of aliphatic hydroxyl groups excluding tert-OH is 1. The number of hydrogen-bond donors (Lipinski definition) is 2. The van der Waals surface area contributed by atoms with Gasteiger partial charge in [-0.25, -0.2) is 4.79 Å². The number of aliphatic carboxylic acids is 1. The van der Waals surface area contributed by atoms with Crippen molar-refractivity contribution < 1.29 is 19.7 Å². The molecule has 0 heterocycles. The highest BCUT2D eigenvalue weighted by Gasteiger charge is 2.61. The highest BCUT2D eigenvalue weighted by Crippen LogP contribution is 2.67. The number of hydrogen-bond acceptors (Lipinski definition) is 3. The van der Waals surface area contributed by atoms with Crippen molar-refractivity contribution in [2.24, 2.45) is 46.3 Å². The number of fused-ring (bicyclic) bond motifs is 5. The van der Waals surface area contributed by atoms with Gasteiger partial charge < -0.3 is 14.9 Å². The summed E-state index contributed by atoms with van der Waals surface area (Å²) in [7, 11) is 0. The third kappa shape index (κ3) is 4.68. The molecule has 2 N–H and O–H groups in total. The minimum atomic E-state index is -0.886. The van der Waals surface area contributed by atoms with Crippen LogP contribution in [0.3, 0.4) is 0 Å². The molecule has 0 amide bonds. The Hall–Kier alpha value is -0.870. The van der Waals surface area contributed by atoms with Gasteiger partial charge in [-0.3, -0.25) is 0 Å². The summed E-state index contributed by atoms with van der Waals surface area (Å²) >= 11 is 0. The minimum Gasteiger partial charge on any atom is -0.480 e. The van der Waals surface area contributed by atoms with Crippen molar-refractivity contribution >= 4 is 5.97 Å². The van der Waals surface area contributed by atoms with Crippen LogP contribution >= 0.6 is 0 Å². The summed E-state index contributed by atoms with van der Waals surface area (Å²) in [5.41, 5.74) is 1.80. The first-order chi connectivity index (χ1) is 15.6. The number of carboxylic acids is 1. The summed E-state index contributed by atoms with van der Waals surface area (Å²) in [5, 5.41) is 19.7. The highest BCUT2D eigenvalue weighted by atomic mass is 16.5. The van der Waals surface area contributed by atoms with Gasteiger partial charge in [0.2, 0.25) is 0 Å². The smallest absolute Gasteiger partial charge is 0.329 e. The van der Waals surface area contributed by atoms with Gasteiger partial charge in [0.25, 0.3) is 0 Å². The Labute approximate surface area is 201 Å². The molecule has 0 radical (unpaired) electrons. The normalized spacial score (nSPS) is 43.4. The molecule has 0 unspecified atom stereocenters. The fourth-order valence-corrected chi connectivity index (χ4v) is 8.95. The van der Waals surface area contributed by atoms with Gasteiger partial charge >= 0.3 is 5.97 Å². The lowest BCUT2D eigenvalue weighted by atomic mass is 9.46. The van der Waals surface area contributed by atoms with E-state index in [-0.39, 0.29) is 24.2 Å². The van der Waals surface area contributed by atoms with Gasteiger partial charge in [0.1, 0.15) is 6.61 Å². The standard InChI is InChI=1S/C29H48O4/c1-18(2)7-6-8-19(3)22-9-10-23-27-24(12-14-29(22,23)5)28(4)13-11-21(30)15-20(28)16-25(27)33-17-26(31)32/h16,18-19,21-25,27,30H,6-15,17H2,1-5H3,(H,31,32)/t19-,21+,22+,23-,24-,25-,27-,28+,29+/m1/s1. The first kappa shape index (κ1) is 25.2. The first-order valence-electron chi connectivity index (χ1n) is 13.8. The molecule has 0 aliphatic heterocycles. The van der Waals surface area contributed by atoms with Gasteiger partial charge in [-0.15, -0.1) is 0 Å². The molecule has 4 rings (SSSR count). The maximum absolute atomic E-state index is 11.4. The summed E-state index contributed by atoms with van der Waals surface area (Å²) in [6.07, 6.45) is 13.6. The van der Waals surface area contributed by atoms with E-state index in [1.54, 1.807) is 0 Å². The second-order valence-corrected chi connectivity index (χ2v) is 13.0. The number of carboxylic acid groups (broad SMARTS) is 1. The quantitative estimate of drug-likeness (QED) is 0.407. The summed E-state index contributed by atoms with van der Waals surface area (Å²) < 4.78 is 6.13. The lowest BCUT2D eigenvalue weighted by Crippen LogP contribution is -2.55. The zero-order valence-electron chi connectivity index (χ0n) is 21.7. The molecule has 4 heteroatoms. The largest absolute Gasteiger partial charge is 0.480 e. The van der Waals surface area contributed by atoms with Crippen molar-refractivity contribution in [2.45, 2.75) is 111 Å². The molecular formula is C29H48O4. The fraction of sp³-hybridized carbons (Fsp3) is 0.897. The maximum atomic E-state index is 11.4. The van der Waals surface area contributed by atoms with Crippen molar-refractivity contribution in [3.05, 3.63) is 11.6 Å². The molecule has 9 atom stereocenters. The molecule has 4 nitrogen and oxygen atoms in total. The molecule has 0 aromatic carbocycles. The predicted molar refractivity (Wildman–Crippen MR) is 132 cm³/mol. The Balaban J connectivity index is 1.60. The summed E-state index contributed by atoms with van der Waals surface area (Å²) in [5.74, 6) is 2.96. The van der Waals surface area contributed by atoms with Crippen LogP contribution < -0.4 is 0 Å². The zero-order valence-corrected chi connectivity index (χ0v) is 21.7. The lowest BCUT2D eigenvalue weighted by Gasteiger charge is -2.60. The maximum Gasteiger partial charge on any atom is 0.329 e. The minimum absolute atomic E-state index is 0.126. The van der Waals surface area contributed by atoms with E-state index in [2.05, 4.69) is 40.7 Å². The average Bonchev–Trinajstić information content (AvgIpc) is 3.09. The van der Waals surface area contributed by atoms with E-state index in [1.165, 1.54) is 50.5 Å². The lowest BCUT2D eigenvalue weighted by molar-refractivity contribution is -0.151. The van der Waals surface area contributed by atoms with Gasteiger partial charge in [-0.2, -0.15) is 0 Å². The molecule has 4 aliphatic rings. The van der Waals surface area contributed by atoms with E-state index in [0.717, 1.165) is 37.0 Å². The molecule has 33 heavy (non-hydrogen) atoms. The molecule has 0 saturated heterocycles. The van der Waals surface area contributed by atoms with Gasteiger partial charge in [-0.05, 0) is 91.3 Å². The molecule has 0 aromatic heterocycles. The highest BCUT2D eigenvalue weighted by molar-refractivity contribution is 5.68. The summed E-state index contributed by atoms with van der Waals surface area (Å²) in [6.45, 7) is 11.9. The topological polar surface area (TPSA) is 66.8 Å². The molecule has 188 valence electrons. The summed E-state index contributed by atoms with van der Waals surface area (Å²) in [6, 6.07) is 0. The Kier molecular flexibility index (Phi) is 7.37. The number of rotatable bonds is 8. The Morgan fingerprint density at radius 1 is 1.09 bits per heavy atom. The van der Waals surface area contributed by atoms with Crippen molar-refractivity contribution in [3.8, 4) is 0 Å². The summed E-state index contributed by atoms with van der Waals surface area (Å²) in [4.78, 5) is 11.4. The van der Waals surface area contributed by atoms with Crippen LogP contribution in [-0.4, -0.2) is 35.0 Å². The van der Waals surface area contributed by atoms with Crippen LogP contribution in [0, 0.1) is 46.3 Å². The van der Waals surface area contributed by atoms with Gasteiger partial charge in [0.15, 0.2) is 0 Å². The van der Waals surface area contributed by atoms with Gasteiger partial charge in [0, 0.05) is 0 Å². The van der Waals surface area contributed by atoms with E-state index in [0.29, 0.717) is 23.2 Å². The number of aliphatic hydroxyl groups is 1. The molecule has 4 aliphatic carbocycles. The van der Waals surface area contributed by atoms with Crippen molar-refractivity contribution in [1.29, 1.82) is 0 Å². The average molecular weight is 461 g/mol. The van der Waals surface area contributed by atoms with Crippen LogP contribution in [0.15, 0.2) is 11.6 Å². The molecule has 0 aromatic rings. The second-order valence-electron chi connectivity index (χ2n) is 13.0. The van der Waals surface area contributed by atoms with E-state index in [9.17, 15) is 15.0 Å². The van der Waals surface area contributed by atoms with Gasteiger partial charge in [0.05, 0.1) is 12.2 Å². The number of ether oxygens (including phenoxy) is 1. The van der Waals surface area contributed by atoms with E-state index >= 15 is 0 Å². The Morgan fingerprint density at radius 3 is 2.55 bits per heavy atom. The monoisotopic (exact) mass is 460 g/mol. The van der Waals surface area contributed by atoms with Crippen molar-refractivity contribution in [1.82, 2.24) is 0 Å². The van der Waals surface area contributed by atoms with Crippen LogP contribution in [0.25, 0.3) is 0 Å². The van der Waals surface area contributed by atoms with E-state index < -0.39 is 5.97 Å². The van der Waals surface area contributed by atoms with Crippen LogP contribution in [0.1, 0.15) is 98.8 Å². The first-order valence-corrected chi connectivity index (χ1v) is 13.8. The van der Waals surface area contributed by atoms with E-state index in [1.807, 2.05) is 0 Å². The van der Waals surface area contributed by atoms with Crippen molar-refractivity contribution in [2.75, 3.05) is 6.61 Å². The molecule has 3 saturated carbocycles. The number of carbonyl (C=O) groups is 1. The predicted octanol–water partition coefficient (Wildman–Crippen LogP) is 6.47. The molecule has 0 bridgehead atoms.